The average molecular weight is 333 g/mol. The second kappa shape index (κ2) is 6.42. The maximum atomic E-state index is 12.1. The van der Waals surface area contributed by atoms with E-state index in [0.717, 1.165) is 0 Å². The fraction of sp³-hybridized carbons (Fsp3) is 0.533. The summed E-state index contributed by atoms with van der Waals surface area (Å²) in [6.45, 7) is 4.48. The Bertz CT molecular complexity index is 544. The minimum Gasteiger partial charge on any atom is -0.460 e. The van der Waals surface area contributed by atoms with Crippen LogP contribution in [0.2, 0.25) is 0 Å². The number of rotatable bonds is 6. The zero-order valence-corrected chi connectivity index (χ0v) is 13.7. The van der Waals surface area contributed by atoms with E-state index in [1.54, 1.807) is 25.3 Å². The van der Waals surface area contributed by atoms with Crippen LogP contribution in [-0.2, 0) is 27.5 Å². The summed E-state index contributed by atoms with van der Waals surface area (Å²) in [6, 6.07) is 3.57. The number of esters is 1. The molecule has 0 bridgehead atoms. The Kier molecular flexibility index (Phi) is 5.02. The minimum atomic E-state index is -0.263. The van der Waals surface area contributed by atoms with Gasteiger partial charge in [0.05, 0.1) is 5.92 Å². The summed E-state index contributed by atoms with van der Waals surface area (Å²) >= 11 is 11.3. The van der Waals surface area contributed by atoms with Gasteiger partial charge < -0.3 is 13.9 Å². The van der Waals surface area contributed by atoms with Gasteiger partial charge in [-0.1, -0.05) is 37.0 Å². The normalized spacial score (nSPS) is 22.7. The van der Waals surface area contributed by atoms with Gasteiger partial charge in [-0.3, -0.25) is 4.79 Å². The summed E-state index contributed by atoms with van der Waals surface area (Å²) in [6.07, 6.45) is 1.69. The van der Waals surface area contributed by atoms with Gasteiger partial charge >= 0.3 is 5.97 Å². The van der Waals surface area contributed by atoms with Gasteiger partial charge in [-0.15, -0.1) is 0 Å². The molecule has 0 radical (unpaired) electrons. The smallest absolute Gasteiger partial charge is 0.310 e. The Morgan fingerprint density at radius 2 is 1.95 bits per heavy atom. The largest absolute Gasteiger partial charge is 0.460 e. The highest BCUT2D eigenvalue weighted by atomic mass is 35.5. The van der Waals surface area contributed by atoms with Gasteiger partial charge in [0, 0.05) is 7.11 Å². The van der Waals surface area contributed by atoms with E-state index in [9.17, 15) is 4.79 Å². The number of methoxy groups -OCH3 is 1. The zero-order chi connectivity index (χ0) is 15.6. The Morgan fingerprint density at radius 3 is 2.52 bits per heavy atom. The van der Waals surface area contributed by atoms with Crippen molar-refractivity contribution >= 4 is 29.2 Å². The van der Waals surface area contributed by atoms with Gasteiger partial charge in [0.2, 0.25) is 0 Å². The first kappa shape index (κ1) is 16.4. The van der Waals surface area contributed by atoms with Gasteiger partial charge in [-0.05, 0) is 29.5 Å². The molecule has 1 aliphatic carbocycles. The zero-order valence-electron chi connectivity index (χ0n) is 12.2. The van der Waals surface area contributed by atoms with Crippen LogP contribution in [0.15, 0.2) is 27.1 Å². The summed E-state index contributed by atoms with van der Waals surface area (Å²) in [5.41, 5.74) is -0.184. The molecular weight excluding hydrogens is 315 g/mol. The maximum Gasteiger partial charge on any atom is 0.310 e. The Balaban J connectivity index is 1.89. The molecule has 1 fully saturated rings. The van der Waals surface area contributed by atoms with Crippen LogP contribution >= 0.6 is 23.2 Å². The van der Waals surface area contributed by atoms with Crippen molar-refractivity contribution in [3.05, 3.63) is 34.2 Å². The third-order valence-corrected chi connectivity index (χ3v) is 4.08. The van der Waals surface area contributed by atoms with Gasteiger partial charge in [0.25, 0.3) is 0 Å². The molecular formula is C15H18Cl2O4. The molecule has 0 unspecified atom stereocenters. The molecule has 2 atom stereocenters. The second-order valence-corrected chi connectivity index (χ2v) is 6.70. The summed E-state index contributed by atoms with van der Waals surface area (Å²) in [4.78, 5) is 12.1. The first-order valence-corrected chi connectivity index (χ1v) is 7.38. The predicted molar refractivity (Wildman–Crippen MR) is 79.8 cm³/mol. The van der Waals surface area contributed by atoms with E-state index in [1.165, 1.54) is 0 Å². The molecule has 116 valence electrons. The third-order valence-electron chi connectivity index (χ3n) is 3.83. The Hall–Kier alpha value is -0.970. The van der Waals surface area contributed by atoms with Crippen LogP contribution in [0.25, 0.3) is 0 Å². The maximum absolute atomic E-state index is 12.1. The summed E-state index contributed by atoms with van der Waals surface area (Å²) < 4.78 is 15.9. The van der Waals surface area contributed by atoms with Crippen LogP contribution < -0.4 is 0 Å². The first-order valence-electron chi connectivity index (χ1n) is 6.62. The molecule has 0 N–H and O–H groups in total. The molecule has 0 amide bonds. The number of ether oxygens (including phenoxy) is 2. The molecule has 4 nitrogen and oxygen atoms in total. The predicted octanol–water partition coefficient (Wildman–Crippen LogP) is 4.06. The lowest BCUT2D eigenvalue weighted by Crippen LogP contribution is -2.10. The van der Waals surface area contributed by atoms with E-state index in [1.807, 2.05) is 13.8 Å². The highest BCUT2D eigenvalue weighted by molar-refractivity contribution is 6.55. The van der Waals surface area contributed by atoms with Crippen molar-refractivity contribution in [2.45, 2.75) is 27.1 Å². The van der Waals surface area contributed by atoms with Crippen LogP contribution in [0.3, 0.4) is 0 Å². The highest BCUT2D eigenvalue weighted by Crippen LogP contribution is 2.60. The molecule has 0 spiro atoms. The quantitative estimate of drug-likeness (QED) is 0.737. The van der Waals surface area contributed by atoms with E-state index >= 15 is 0 Å². The van der Waals surface area contributed by atoms with Gasteiger partial charge in [0.15, 0.2) is 0 Å². The van der Waals surface area contributed by atoms with Crippen LogP contribution in [0.4, 0.5) is 0 Å². The van der Waals surface area contributed by atoms with Crippen molar-refractivity contribution < 1.29 is 18.7 Å². The van der Waals surface area contributed by atoms with E-state index in [-0.39, 0.29) is 34.3 Å². The lowest BCUT2D eigenvalue weighted by atomic mass is 10.1. The molecule has 1 heterocycles. The second-order valence-electron chi connectivity index (χ2n) is 5.69. The lowest BCUT2D eigenvalue weighted by molar-refractivity contribution is -0.148. The van der Waals surface area contributed by atoms with Crippen LogP contribution in [0.1, 0.15) is 25.4 Å². The molecule has 1 aromatic rings. The van der Waals surface area contributed by atoms with E-state index < -0.39 is 0 Å². The van der Waals surface area contributed by atoms with Crippen molar-refractivity contribution in [3.63, 3.8) is 0 Å². The highest BCUT2D eigenvalue weighted by Gasteiger charge is 2.61. The van der Waals surface area contributed by atoms with Crippen LogP contribution in [0.5, 0.6) is 0 Å². The monoisotopic (exact) mass is 332 g/mol. The summed E-state index contributed by atoms with van der Waals surface area (Å²) in [5.74, 6) is 0.816. The van der Waals surface area contributed by atoms with Crippen molar-refractivity contribution in [1.29, 1.82) is 0 Å². The first-order chi connectivity index (χ1) is 9.86. The molecule has 1 saturated carbocycles. The number of allylic oxidation sites excluding steroid dienone is 1. The Labute approximate surface area is 134 Å². The van der Waals surface area contributed by atoms with Crippen molar-refractivity contribution in [3.8, 4) is 0 Å². The van der Waals surface area contributed by atoms with Gasteiger partial charge in [0.1, 0.15) is 29.2 Å². The number of hydrogen-bond donors (Lipinski definition) is 0. The van der Waals surface area contributed by atoms with E-state index in [4.69, 9.17) is 37.1 Å². The minimum absolute atomic E-state index is 0.00986. The lowest BCUT2D eigenvalue weighted by Gasteiger charge is -2.04. The number of carbonyl (C=O) groups is 1. The van der Waals surface area contributed by atoms with Crippen molar-refractivity contribution in [2.24, 2.45) is 17.3 Å². The molecule has 6 heteroatoms. The van der Waals surface area contributed by atoms with Crippen LogP contribution in [0, 0.1) is 17.3 Å². The number of furan rings is 1. The molecule has 1 aliphatic rings. The summed E-state index contributed by atoms with van der Waals surface area (Å²) in [7, 11) is 1.59. The number of carbonyl (C=O) groups excluding carboxylic acids is 1. The van der Waals surface area contributed by atoms with E-state index in [2.05, 4.69) is 0 Å². The van der Waals surface area contributed by atoms with Gasteiger partial charge in [-0.2, -0.15) is 0 Å². The fourth-order valence-corrected chi connectivity index (χ4v) is 2.80. The molecule has 1 aromatic heterocycles. The molecule has 0 aliphatic heterocycles. The standard InChI is InChI=1S/C15H18Cl2O4/c1-15(2)11(6-12(16)17)13(15)14(18)20-8-10-5-4-9(21-10)7-19-3/h4-6,11,13H,7-8H2,1-3H3/t11-,13+/m1/s1. The molecule has 0 aromatic carbocycles. The SMILES string of the molecule is COCc1ccc(COC(=O)[C@@H]2[C@@H](C=C(Cl)Cl)C2(C)C)o1. The molecule has 0 saturated heterocycles. The van der Waals surface area contributed by atoms with E-state index in [0.29, 0.717) is 18.1 Å². The van der Waals surface area contributed by atoms with Crippen molar-refractivity contribution in [2.75, 3.05) is 7.11 Å². The fourth-order valence-electron chi connectivity index (χ4n) is 2.53. The van der Waals surface area contributed by atoms with Crippen molar-refractivity contribution in [1.82, 2.24) is 0 Å². The third kappa shape index (κ3) is 3.82. The molecule has 2 rings (SSSR count). The Morgan fingerprint density at radius 1 is 1.33 bits per heavy atom. The number of halogens is 2. The van der Waals surface area contributed by atoms with Crippen LogP contribution in [-0.4, -0.2) is 13.1 Å². The topological polar surface area (TPSA) is 48.7 Å². The number of hydrogen-bond acceptors (Lipinski definition) is 4. The summed E-state index contributed by atoms with van der Waals surface area (Å²) in [5, 5.41) is 0. The van der Waals surface area contributed by atoms with Gasteiger partial charge in [-0.25, -0.2) is 0 Å². The average Bonchev–Trinajstić information content (AvgIpc) is 2.75. The molecule has 21 heavy (non-hydrogen) atoms.